The smallest absolute Gasteiger partial charge is 0.200 e. The molecule has 0 bridgehead atoms. The Labute approximate surface area is 77.7 Å². The number of ether oxygens (including phenoxy) is 1. The molecule has 0 aromatic carbocycles. The number of nitrogens with zero attached hydrogens (tertiary/aromatic N) is 1. The van der Waals surface area contributed by atoms with Crippen LogP contribution in [0.25, 0.3) is 0 Å². The molecular formula is C9H15N3O. The largest absolute Gasteiger partial charge is 0.379 e. The molecule has 1 saturated carbocycles. The van der Waals surface area contributed by atoms with E-state index in [-0.39, 0.29) is 0 Å². The molecule has 1 aliphatic rings. The van der Waals surface area contributed by atoms with Gasteiger partial charge < -0.3 is 15.0 Å². The highest BCUT2D eigenvalue weighted by Crippen LogP contribution is 2.23. The summed E-state index contributed by atoms with van der Waals surface area (Å²) in [5.74, 6) is 0.842. The number of methoxy groups -OCH3 is 1. The number of H-pyrrole nitrogens is 1. The summed E-state index contributed by atoms with van der Waals surface area (Å²) in [7, 11) is 1.77. The van der Waals surface area contributed by atoms with E-state index in [0.717, 1.165) is 12.4 Å². The van der Waals surface area contributed by atoms with E-state index < -0.39 is 0 Å². The molecule has 1 fully saturated rings. The van der Waals surface area contributed by atoms with Crippen LogP contribution in [0.3, 0.4) is 0 Å². The molecule has 0 amide bonds. The number of aromatic nitrogens is 2. The molecule has 2 N–H and O–H groups in total. The van der Waals surface area contributed by atoms with Gasteiger partial charge in [-0.3, -0.25) is 0 Å². The summed E-state index contributed by atoms with van der Waals surface area (Å²) >= 11 is 0. The van der Waals surface area contributed by atoms with E-state index in [1.807, 2.05) is 6.20 Å². The fourth-order valence-electron chi connectivity index (χ4n) is 1.89. The van der Waals surface area contributed by atoms with Crippen molar-refractivity contribution in [2.45, 2.75) is 31.4 Å². The molecule has 4 heteroatoms. The van der Waals surface area contributed by atoms with Crippen molar-refractivity contribution in [3.05, 3.63) is 12.4 Å². The molecule has 1 aliphatic carbocycles. The lowest BCUT2D eigenvalue weighted by Crippen LogP contribution is -2.30. The maximum atomic E-state index is 5.37. The fourth-order valence-corrected chi connectivity index (χ4v) is 1.89. The molecule has 1 heterocycles. The van der Waals surface area contributed by atoms with E-state index in [1.54, 1.807) is 13.3 Å². The molecule has 0 radical (unpaired) electrons. The second kappa shape index (κ2) is 3.79. The number of aromatic amines is 1. The van der Waals surface area contributed by atoms with Crippen molar-refractivity contribution in [1.29, 1.82) is 0 Å². The summed E-state index contributed by atoms with van der Waals surface area (Å²) in [6.07, 6.45) is 7.45. The van der Waals surface area contributed by atoms with Gasteiger partial charge in [-0.15, -0.1) is 0 Å². The van der Waals surface area contributed by atoms with E-state index in [1.165, 1.54) is 12.8 Å². The summed E-state index contributed by atoms with van der Waals surface area (Å²) < 4.78 is 5.37. The van der Waals surface area contributed by atoms with Crippen LogP contribution in [-0.2, 0) is 4.74 Å². The van der Waals surface area contributed by atoms with Crippen molar-refractivity contribution in [1.82, 2.24) is 9.97 Å². The van der Waals surface area contributed by atoms with Crippen molar-refractivity contribution >= 4 is 5.95 Å². The van der Waals surface area contributed by atoms with Gasteiger partial charge in [0.15, 0.2) is 5.95 Å². The lowest BCUT2D eigenvalue weighted by molar-refractivity contribution is 0.101. The lowest BCUT2D eigenvalue weighted by Gasteiger charge is -2.18. The summed E-state index contributed by atoms with van der Waals surface area (Å²) in [6, 6.07) is 0.413. The highest BCUT2D eigenvalue weighted by Gasteiger charge is 2.27. The first kappa shape index (κ1) is 8.56. The predicted octanol–water partition coefficient (Wildman–Crippen LogP) is 1.39. The summed E-state index contributed by atoms with van der Waals surface area (Å²) in [5, 5.41) is 3.33. The second-order valence-electron chi connectivity index (χ2n) is 3.39. The highest BCUT2D eigenvalue weighted by molar-refractivity contribution is 5.26. The van der Waals surface area contributed by atoms with Crippen molar-refractivity contribution in [3.63, 3.8) is 0 Å². The normalized spacial score (nSPS) is 27.8. The standard InChI is InChI=1S/C9H15N3O/c1-13-8-4-2-3-7(8)12-9-10-5-6-11-9/h5-8H,2-4H2,1H3,(H2,10,11,12). The Balaban J connectivity index is 1.94. The van der Waals surface area contributed by atoms with Crippen LogP contribution in [-0.4, -0.2) is 29.2 Å². The number of anilines is 1. The van der Waals surface area contributed by atoms with E-state index >= 15 is 0 Å². The number of nitrogens with one attached hydrogen (secondary N) is 2. The first-order valence-corrected chi connectivity index (χ1v) is 4.69. The molecule has 0 saturated heterocycles. The first-order valence-electron chi connectivity index (χ1n) is 4.69. The Hall–Kier alpha value is -1.03. The van der Waals surface area contributed by atoms with E-state index in [9.17, 15) is 0 Å². The van der Waals surface area contributed by atoms with Gasteiger partial charge in [-0.05, 0) is 19.3 Å². The van der Waals surface area contributed by atoms with Crippen LogP contribution in [0.4, 0.5) is 5.95 Å². The van der Waals surface area contributed by atoms with Crippen LogP contribution >= 0.6 is 0 Å². The minimum atomic E-state index is 0.338. The molecule has 13 heavy (non-hydrogen) atoms. The topological polar surface area (TPSA) is 49.9 Å². The third kappa shape index (κ3) is 1.83. The van der Waals surface area contributed by atoms with Crippen molar-refractivity contribution in [3.8, 4) is 0 Å². The summed E-state index contributed by atoms with van der Waals surface area (Å²) in [6.45, 7) is 0. The zero-order valence-electron chi connectivity index (χ0n) is 7.79. The van der Waals surface area contributed by atoms with E-state index in [2.05, 4.69) is 15.3 Å². The Morgan fingerprint density at radius 3 is 3.23 bits per heavy atom. The van der Waals surface area contributed by atoms with E-state index in [0.29, 0.717) is 12.1 Å². The summed E-state index contributed by atoms with van der Waals surface area (Å²) in [4.78, 5) is 7.16. The third-order valence-corrected chi connectivity index (χ3v) is 2.58. The second-order valence-corrected chi connectivity index (χ2v) is 3.39. The summed E-state index contributed by atoms with van der Waals surface area (Å²) in [5.41, 5.74) is 0. The lowest BCUT2D eigenvalue weighted by atomic mass is 10.2. The Morgan fingerprint density at radius 2 is 2.54 bits per heavy atom. The van der Waals surface area contributed by atoms with Crippen LogP contribution in [0, 0.1) is 0 Å². The molecule has 1 aromatic rings. The van der Waals surface area contributed by atoms with Crippen LogP contribution in [0.5, 0.6) is 0 Å². The molecule has 2 rings (SSSR count). The number of hydrogen-bond acceptors (Lipinski definition) is 3. The number of hydrogen-bond donors (Lipinski definition) is 2. The van der Waals surface area contributed by atoms with Crippen LogP contribution in [0.2, 0.25) is 0 Å². The van der Waals surface area contributed by atoms with Gasteiger partial charge in [0, 0.05) is 19.5 Å². The zero-order chi connectivity index (χ0) is 9.10. The van der Waals surface area contributed by atoms with Gasteiger partial charge in [-0.1, -0.05) is 0 Å². The molecule has 1 aromatic heterocycles. The van der Waals surface area contributed by atoms with Gasteiger partial charge in [0.1, 0.15) is 0 Å². The third-order valence-electron chi connectivity index (χ3n) is 2.58. The number of rotatable bonds is 3. The SMILES string of the molecule is COC1CCCC1Nc1ncc[nH]1. The van der Waals surface area contributed by atoms with Gasteiger partial charge in [0.05, 0.1) is 12.1 Å². The Bertz CT molecular complexity index is 247. The van der Waals surface area contributed by atoms with Gasteiger partial charge in [-0.2, -0.15) is 0 Å². The Kier molecular flexibility index (Phi) is 2.49. The van der Waals surface area contributed by atoms with Gasteiger partial charge in [-0.25, -0.2) is 4.98 Å². The van der Waals surface area contributed by atoms with Crippen LogP contribution in [0.15, 0.2) is 12.4 Å². The van der Waals surface area contributed by atoms with Crippen LogP contribution in [0.1, 0.15) is 19.3 Å². The van der Waals surface area contributed by atoms with Crippen molar-refractivity contribution in [2.24, 2.45) is 0 Å². The van der Waals surface area contributed by atoms with Crippen LogP contribution < -0.4 is 5.32 Å². The molecule has 4 nitrogen and oxygen atoms in total. The zero-order valence-corrected chi connectivity index (χ0v) is 7.79. The predicted molar refractivity (Wildman–Crippen MR) is 50.6 cm³/mol. The molecule has 2 unspecified atom stereocenters. The quantitative estimate of drug-likeness (QED) is 0.740. The fraction of sp³-hybridized carbons (Fsp3) is 0.667. The van der Waals surface area contributed by atoms with Gasteiger partial charge >= 0.3 is 0 Å². The van der Waals surface area contributed by atoms with Crippen molar-refractivity contribution in [2.75, 3.05) is 12.4 Å². The number of imidazole rings is 1. The average Bonchev–Trinajstić information content (AvgIpc) is 2.76. The maximum Gasteiger partial charge on any atom is 0.200 e. The Morgan fingerprint density at radius 1 is 1.62 bits per heavy atom. The minimum Gasteiger partial charge on any atom is -0.379 e. The molecule has 0 aliphatic heterocycles. The maximum absolute atomic E-state index is 5.37. The molecule has 2 atom stereocenters. The highest BCUT2D eigenvalue weighted by atomic mass is 16.5. The minimum absolute atomic E-state index is 0.338. The average molecular weight is 181 g/mol. The molecular weight excluding hydrogens is 166 g/mol. The van der Waals surface area contributed by atoms with Gasteiger partial charge in [0.2, 0.25) is 0 Å². The molecule has 72 valence electrons. The monoisotopic (exact) mass is 181 g/mol. The van der Waals surface area contributed by atoms with Crippen molar-refractivity contribution < 1.29 is 4.74 Å². The molecule has 0 spiro atoms. The first-order chi connectivity index (χ1) is 6.40. The van der Waals surface area contributed by atoms with E-state index in [4.69, 9.17) is 4.74 Å². The van der Waals surface area contributed by atoms with Gasteiger partial charge in [0.25, 0.3) is 0 Å².